The number of nitrogens with zero attached hydrogens (tertiary/aromatic N) is 1. The largest absolute Gasteiger partial charge is 0.493 e. The number of methoxy groups -OCH3 is 1. The van der Waals surface area contributed by atoms with Crippen molar-refractivity contribution in [2.24, 2.45) is 0 Å². The van der Waals surface area contributed by atoms with Crippen LogP contribution in [0.5, 0.6) is 11.5 Å². The summed E-state index contributed by atoms with van der Waals surface area (Å²) in [6.07, 6.45) is 1.63. The molecule has 1 saturated heterocycles. The summed E-state index contributed by atoms with van der Waals surface area (Å²) < 4.78 is 26.1. The first-order chi connectivity index (χ1) is 18.2. The molecule has 0 atom stereocenters. The standard InChI is InChI=1S/C25H17Cl2FIN3O4S2/c1-35-20-9-13(8-19(29)22(20)36-12-14-4-2-3-5-18(14)28)10-21-23(33)32(25(37)38-21)31-24(34)30-15-6-7-16(26)17(27)11-15/h2-11H,12H2,1H3,(H2,30,31,34)/b21-10+. The van der Waals surface area contributed by atoms with Gasteiger partial charge in [-0.25, -0.2) is 14.6 Å². The highest BCUT2D eigenvalue weighted by Crippen LogP contribution is 2.37. The quantitative estimate of drug-likeness (QED) is 0.153. The van der Waals surface area contributed by atoms with Crippen molar-refractivity contribution in [3.8, 4) is 11.5 Å². The lowest BCUT2D eigenvalue weighted by molar-refractivity contribution is -0.123. The highest BCUT2D eigenvalue weighted by molar-refractivity contribution is 14.1. The third-order valence-electron chi connectivity index (χ3n) is 5.06. The molecular weight excluding hydrogens is 687 g/mol. The molecule has 0 aromatic heterocycles. The first-order valence-corrected chi connectivity index (χ1v) is 13.8. The molecule has 7 nitrogen and oxygen atoms in total. The Kier molecular flexibility index (Phi) is 9.36. The van der Waals surface area contributed by atoms with E-state index in [4.69, 9.17) is 44.9 Å². The highest BCUT2D eigenvalue weighted by atomic mass is 127. The third kappa shape index (κ3) is 6.70. The van der Waals surface area contributed by atoms with E-state index in [1.54, 1.807) is 42.5 Å². The van der Waals surface area contributed by atoms with Crippen LogP contribution in [-0.4, -0.2) is 28.4 Å². The molecule has 1 heterocycles. The summed E-state index contributed by atoms with van der Waals surface area (Å²) in [5, 5.41) is 4.16. The number of ether oxygens (including phenoxy) is 2. The molecule has 4 rings (SSSR count). The molecule has 3 amide bonds. The molecule has 0 saturated carbocycles. The van der Waals surface area contributed by atoms with Gasteiger partial charge in [0.25, 0.3) is 5.91 Å². The van der Waals surface area contributed by atoms with E-state index in [0.717, 1.165) is 16.8 Å². The number of rotatable bonds is 7. The van der Waals surface area contributed by atoms with Gasteiger partial charge in [-0.05, 0) is 82.8 Å². The molecule has 0 unspecified atom stereocenters. The van der Waals surface area contributed by atoms with Gasteiger partial charge in [-0.3, -0.25) is 4.79 Å². The van der Waals surface area contributed by atoms with Crippen molar-refractivity contribution in [1.29, 1.82) is 0 Å². The maximum atomic E-state index is 14.0. The second-order valence-electron chi connectivity index (χ2n) is 7.63. The molecule has 0 bridgehead atoms. The Balaban J connectivity index is 1.47. The lowest BCUT2D eigenvalue weighted by atomic mass is 10.1. The number of hydrazine groups is 1. The van der Waals surface area contributed by atoms with Gasteiger partial charge in [0.1, 0.15) is 12.4 Å². The zero-order valence-electron chi connectivity index (χ0n) is 19.4. The van der Waals surface area contributed by atoms with Gasteiger partial charge < -0.3 is 14.8 Å². The van der Waals surface area contributed by atoms with Crippen molar-refractivity contribution in [3.05, 3.63) is 90.1 Å². The van der Waals surface area contributed by atoms with Gasteiger partial charge >= 0.3 is 6.03 Å². The Morgan fingerprint density at radius 1 is 1.18 bits per heavy atom. The molecule has 2 N–H and O–H groups in total. The number of anilines is 1. The van der Waals surface area contributed by atoms with Crippen molar-refractivity contribution in [3.63, 3.8) is 0 Å². The van der Waals surface area contributed by atoms with Crippen molar-refractivity contribution in [2.45, 2.75) is 6.61 Å². The van der Waals surface area contributed by atoms with Crippen LogP contribution in [0, 0.1) is 9.39 Å². The predicted octanol–water partition coefficient (Wildman–Crippen LogP) is 7.26. The van der Waals surface area contributed by atoms with Crippen LogP contribution in [0.4, 0.5) is 14.9 Å². The smallest absolute Gasteiger partial charge is 0.338 e. The fourth-order valence-electron chi connectivity index (χ4n) is 3.28. The van der Waals surface area contributed by atoms with E-state index < -0.39 is 11.9 Å². The molecule has 38 heavy (non-hydrogen) atoms. The van der Waals surface area contributed by atoms with Gasteiger partial charge in [-0.2, -0.15) is 5.01 Å². The van der Waals surface area contributed by atoms with Gasteiger partial charge in [-0.1, -0.05) is 53.2 Å². The maximum absolute atomic E-state index is 14.0. The topological polar surface area (TPSA) is 79.9 Å². The minimum atomic E-state index is -0.687. The molecule has 3 aromatic rings. The molecular formula is C25H17Cl2FIN3O4S2. The van der Waals surface area contributed by atoms with E-state index in [2.05, 4.69) is 33.3 Å². The van der Waals surface area contributed by atoms with Crippen LogP contribution >= 0.6 is 69.8 Å². The second-order valence-corrected chi connectivity index (χ2v) is 11.3. The number of amides is 3. The predicted molar refractivity (Wildman–Crippen MR) is 160 cm³/mol. The molecule has 0 spiro atoms. The molecule has 13 heteroatoms. The third-order valence-corrected chi connectivity index (χ3v) is 7.91. The van der Waals surface area contributed by atoms with Crippen LogP contribution in [0.25, 0.3) is 6.08 Å². The van der Waals surface area contributed by atoms with Crippen LogP contribution in [0.2, 0.25) is 10.0 Å². The summed E-state index contributed by atoms with van der Waals surface area (Å²) in [7, 11) is 1.49. The van der Waals surface area contributed by atoms with Crippen LogP contribution in [-0.2, 0) is 11.4 Å². The summed E-state index contributed by atoms with van der Waals surface area (Å²) in [6, 6.07) is 13.7. The van der Waals surface area contributed by atoms with E-state index in [-0.39, 0.29) is 21.8 Å². The molecule has 0 aliphatic carbocycles. The lowest BCUT2D eigenvalue weighted by Crippen LogP contribution is -2.46. The molecule has 1 aliphatic rings. The van der Waals surface area contributed by atoms with Gasteiger partial charge in [0.2, 0.25) is 0 Å². The van der Waals surface area contributed by atoms with E-state index in [1.807, 2.05) is 0 Å². The Labute approximate surface area is 250 Å². The molecule has 196 valence electrons. The van der Waals surface area contributed by atoms with Crippen LogP contribution in [0.15, 0.2) is 59.5 Å². The average Bonchev–Trinajstić information content (AvgIpc) is 3.13. The molecule has 1 aliphatic heterocycles. The summed E-state index contributed by atoms with van der Waals surface area (Å²) in [5.74, 6) is -0.00620. The number of hydrogen-bond donors (Lipinski definition) is 2. The Hall–Kier alpha value is -2.58. The SMILES string of the molecule is COc1cc(/C=C2/SC(=S)N(NC(=O)Nc3ccc(Cl)c(Cl)c3)C2=O)cc(I)c1OCc1ccccc1F. The second kappa shape index (κ2) is 12.5. The summed E-state index contributed by atoms with van der Waals surface area (Å²) >= 11 is 20.3. The van der Waals surface area contributed by atoms with Crippen molar-refractivity contribution >= 4 is 97.8 Å². The van der Waals surface area contributed by atoms with Crippen molar-refractivity contribution in [1.82, 2.24) is 10.4 Å². The number of halogens is 4. The zero-order chi connectivity index (χ0) is 27.4. The van der Waals surface area contributed by atoms with E-state index in [1.165, 1.54) is 25.3 Å². The monoisotopic (exact) mass is 703 g/mol. The number of carbonyl (C=O) groups excluding carboxylic acids is 2. The number of carbonyl (C=O) groups is 2. The average molecular weight is 704 g/mol. The molecule has 1 fully saturated rings. The van der Waals surface area contributed by atoms with E-state index in [0.29, 0.717) is 41.8 Å². The Morgan fingerprint density at radius 2 is 1.95 bits per heavy atom. The lowest BCUT2D eigenvalue weighted by Gasteiger charge is -2.16. The minimum absolute atomic E-state index is 0.0208. The number of benzene rings is 3. The number of thioether (sulfide) groups is 1. The molecule has 3 aromatic carbocycles. The van der Waals surface area contributed by atoms with Crippen molar-refractivity contribution < 1.29 is 23.5 Å². The summed E-state index contributed by atoms with van der Waals surface area (Å²) in [4.78, 5) is 25.7. The van der Waals surface area contributed by atoms with Crippen LogP contribution in [0.3, 0.4) is 0 Å². The van der Waals surface area contributed by atoms with Crippen LogP contribution < -0.4 is 20.2 Å². The first-order valence-electron chi connectivity index (χ1n) is 10.7. The van der Waals surface area contributed by atoms with Gasteiger partial charge in [0, 0.05) is 11.3 Å². The van der Waals surface area contributed by atoms with Gasteiger partial charge in [-0.15, -0.1) is 0 Å². The van der Waals surface area contributed by atoms with Crippen molar-refractivity contribution in [2.75, 3.05) is 12.4 Å². The summed E-state index contributed by atoms with van der Waals surface area (Å²) in [6.45, 7) is 0.0208. The Morgan fingerprint density at radius 3 is 2.66 bits per heavy atom. The van der Waals surface area contributed by atoms with E-state index in [9.17, 15) is 14.0 Å². The first kappa shape index (κ1) is 28.4. The van der Waals surface area contributed by atoms with Gasteiger partial charge in [0.05, 0.1) is 25.6 Å². The molecule has 0 radical (unpaired) electrons. The number of urea groups is 1. The highest BCUT2D eigenvalue weighted by Gasteiger charge is 2.33. The fourth-order valence-corrected chi connectivity index (χ4v) is 5.54. The number of thiocarbonyl (C=S) groups is 1. The summed E-state index contributed by atoms with van der Waals surface area (Å²) in [5.41, 5.74) is 3.88. The minimum Gasteiger partial charge on any atom is -0.493 e. The Bertz CT molecular complexity index is 1470. The van der Waals surface area contributed by atoms with Crippen LogP contribution in [0.1, 0.15) is 11.1 Å². The maximum Gasteiger partial charge on any atom is 0.338 e. The van der Waals surface area contributed by atoms with Gasteiger partial charge in [0.15, 0.2) is 15.8 Å². The zero-order valence-corrected chi connectivity index (χ0v) is 24.7. The normalized spacial score (nSPS) is 14.1. The number of hydrogen-bond acceptors (Lipinski definition) is 6. The van der Waals surface area contributed by atoms with E-state index >= 15 is 0 Å². The number of nitrogens with one attached hydrogen (secondary N) is 2. The fraction of sp³-hybridized carbons (Fsp3) is 0.0800.